The summed E-state index contributed by atoms with van der Waals surface area (Å²) in [6.45, 7) is 6.29. The van der Waals surface area contributed by atoms with Gasteiger partial charge in [0.2, 0.25) is 5.96 Å². The molecule has 1 spiro atoms. The second-order valence-corrected chi connectivity index (χ2v) is 6.48. The minimum absolute atomic E-state index is 0.0528. The third kappa shape index (κ3) is 3.48. The van der Waals surface area contributed by atoms with Crippen LogP contribution in [0.25, 0.3) is 0 Å². The van der Waals surface area contributed by atoms with Crippen LogP contribution < -0.4 is 5.32 Å². The number of nitrogens with one attached hydrogen (secondary N) is 1. The number of hydrogen-bond acceptors (Lipinski definition) is 6. The van der Waals surface area contributed by atoms with Crippen molar-refractivity contribution < 1.29 is 19.1 Å². The molecule has 3 aliphatic heterocycles. The van der Waals surface area contributed by atoms with Crippen molar-refractivity contribution in [3.63, 3.8) is 0 Å². The van der Waals surface area contributed by atoms with E-state index in [1.54, 1.807) is 4.90 Å². The highest BCUT2D eigenvalue weighted by Crippen LogP contribution is 2.30. The fraction of sp³-hybridized carbons (Fsp3) is 0.812. The van der Waals surface area contributed by atoms with Gasteiger partial charge in [-0.25, -0.2) is 9.79 Å². The number of guanidine groups is 1. The number of nitrogens with zero attached hydrogens (tertiary/aromatic N) is 3. The molecule has 24 heavy (non-hydrogen) atoms. The van der Waals surface area contributed by atoms with Gasteiger partial charge in [-0.05, 0) is 19.3 Å². The van der Waals surface area contributed by atoms with Crippen molar-refractivity contribution >= 4 is 18.0 Å². The molecule has 1 N–H and O–H groups in total. The van der Waals surface area contributed by atoms with E-state index in [0.717, 1.165) is 25.9 Å². The average Bonchev–Trinajstić information content (AvgIpc) is 2.93. The topological polar surface area (TPSA) is 83.5 Å². The van der Waals surface area contributed by atoms with Crippen LogP contribution in [0, 0.1) is 0 Å². The van der Waals surface area contributed by atoms with Crippen LogP contribution in [0.15, 0.2) is 4.99 Å². The van der Waals surface area contributed by atoms with Crippen LogP contribution in [0.5, 0.6) is 0 Å². The molecule has 2 amide bonds. The van der Waals surface area contributed by atoms with E-state index in [-0.39, 0.29) is 12.0 Å². The fourth-order valence-corrected chi connectivity index (χ4v) is 3.22. The van der Waals surface area contributed by atoms with Crippen molar-refractivity contribution in [2.45, 2.75) is 38.1 Å². The number of morpholine rings is 1. The van der Waals surface area contributed by atoms with E-state index < -0.39 is 5.54 Å². The lowest BCUT2D eigenvalue weighted by molar-refractivity contribution is -0.125. The minimum atomic E-state index is -0.728. The molecular formula is C16H26N4O4. The zero-order valence-electron chi connectivity index (χ0n) is 14.3. The molecule has 8 heteroatoms. The summed E-state index contributed by atoms with van der Waals surface area (Å²) in [5.74, 6) is 0.602. The normalized spacial score (nSPS) is 23.2. The maximum absolute atomic E-state index is 12.5. The Bertz CT molecular complexity index is 508. The summed E-state index contributed by atoms with van der Waals surface area (Å²) in [4.78, 5) is 32.9. The third-order valence-corrected chi connectivity index (χ3v) is 4.85. The molecule has 2 saturated heterocycles. The highest BCUT2D eigenvalue weighted by molar-refractivity contribution is 6.07. The quantitative estimate of drug-likeness (QED) is 0.761. The molecule has 3 aliphatic rings. The molecule has 0 aliphatic carbocycles. The van der Waals surface area contributed by atoms with E-state index in [1.165, 1.54) is 0 Å². The van der Waals surface area contributed by atoms with Crippen molar-refractivity contribution in [1.82, 2.24) is 15.1 Å². The van der Waals surface area contributed by atoms with Gasteiger partial charge in [0.15, 0.2) is 0 Å². The number of amides is 2. The number of unbranched alkanes of at least 4 members (excludes halogenated alkanes) is 1. The predicted molar refractivity (Wildman–Crippen MR) is 87.8 cm³/mol. The summed E-state index contributed by atoms with van der Waals surface area (Å²) in [6.07, 6.45) is 2.66. The first-order chi connectivity index (χ1) is 11.6. The average molecular weight is 338 g/mol. The van der Waals surface area contributed by atoms with Crippen molar-refractivity contribution in [3.8, 4) is 0 Å². The molecule has 0 atom stereocenters. The lowest BCUT2D eigenvalue weighted by atomic mass is 9.88. The van der Waals surface area contributed by atoms with E-state index in [2.05, 4.69) is 17.1 Å². The standard InChI is InChI=1S/C16H26N4O4/c1-2-3-10-24-15(22)20-6-4-16(5-7-20)13(21)17-14(18-16)19-8-11-23-12-9-19/h2-12H2,1H3,(H,17,18,21). The van der Waals surface area contributed by atoms with Gasteiger partial charge < -0.3 is 19.3 Å². The van der Waals surface area contributed by atoms with E-state index in [0.29, 0.717) is 51.7 Å². The molecule has 0 bridgehead atoms. The maximum Gasteiger partial charge on any atom is 0.409 e. The van der Waals surface area contributed by atoms with Gasteiger partial charge in [-0.1, -0.05) is 13.3 Å². The van der Waals surface area contributed by atoms with E-state index in [9.17, 15) is 9.59 Å². The van der Waals surface area contributed by atoms with Gasteiger partial charge in [0.25, 0.3) is 5.91 Å². The highest BCUT2D eigenvalue weighted by Gasteiger charge is 2.47. The predicted octanol–water partition coefficient (Wildman–Crippen LogP) is 0.576. The summed E-state index contributed by atoms with van der Waals surface area (Å²) < 4.78 is 10.6. The Balaban J connectivity index is 1.57. The molecule has 0 aromatic heterocycles. The van der Waals surface area contributed by atoms with Crippen LogP contribution in [0.1, 0.15) is 32.6 Å². The molecule has 8 nitrogen and oxygen atoms in total. The largest absolute Gasteiger partial charge is 0.449 e. The smallest absolute Gasteiger partial charge is 0.409 e. The van der Waals surface area contributed by atoms with Gasteiger partial charge in [0.05, 0.1) is 19.8 Å². The first kappa shape index (κ1) is 17.0. The second-order valence-electron chi connectivity index (χ2n) is 6.48. The molecular weight excluding hydrogens is 312 g/mol. The molecule has 0 radical (unpaired) electrons. The zero-order chi connectivity index (χ0) is 17.0. The van der Waals surface area contributed by atoms with Gasteiger partial charge in [-0.2, -0.15) is 0 Å². The second kappa shape index (κ2) is 7.38. The van der Waals surface area contributed by atoms with Crippen LogP contribution in [0.4, 0.5) is 4.79 Å². The van der Waals surface area contributed by atoms with Crippen molar-refractivity contribution in [1.29, 1.82) is 0 Å². The number of likely N-dealkylation sites (tertiary alicyclic amines) is 1. The molecule has 2 fully saturated rings. The first-order valence-electron chi connectivity index (χ1n) is 8.80. The van der Waals surface area contributed by atoms with Gasteiger partial charge in [0.1, 0.15) is 5.54 Å². The van der Waals surface area contributed by atoms with E-state index in [4.69, 9.17) is 14.5 Å². The van der Waals surface area contributed by atoms with Crippen LogP contribution in [0.2, 0.25) is 0 Å². The van der Waals surface area contributed by atoms with Crippen LogP contribution in [-0.4, -0.2) is 79.3 Å². The molecule has 3 heterocycles. The number of carbonyl (C=O) groups excluding carboxylic acids is 2. The molecule has 0 aromatic carbocycles. The summed E-state index contributed by atoms with van der Waals surface area (Å²) in [7, 11) is 0. The Morgan fingerprint density at radius 3 is 2.67 bits per heavy atom. The van der Waals surface area contributed by atoms with E-state index >= 15 is 0 Å². The molecule has 0 saturated carbocycles. The Hall–Kier alpha value is -1.83. The summed E-state index contributed by atoms with van der Waals surface area (Å²) in [5.41, 5.74) is -0.728. The maximum atomic E-state index is 12.5. The van der Waals surface area contributed by atoms with Crippen LogP contribution in [0.3, 0.4) is 0 Å². The van der Waals surface area contributed by atoms with Crippen molar-refractivity contribution in [3.05, 3.63) is 0 Å². The SMILES string of the molecule is CCCCOC(=O)N1CCC2(CC1)N=C(N1CCOCC1)NC2=O. The summed E-state index contributed by atoms with van der Waals surface area (Å²) in [5, 5.41) is 2.92. The Kier molecular flexibility index (Phi) is 5.23. The van der Waals surface area contributed by atoms with Crippen molar-refractivity contribution in [2.75, 3.05) is 46.0 Å². The monoisotopic (exact) mass is 338 g/mol. The fourth-order valence-electron chi connectivity index (χ4n) is 3.22. The van der Waals surface area contributed by atoms with E-state index in [1.807, 2.05) is 0 Å². The first-order valence-corrected chi connectivity index (χ1v) is 8.80. The van der Waals surface area contributed by atoms with Crippen molar-refractivity contribution in [2.24, 2.45) is 4.99 Å². The lowest BCUT2D eigenvalue weighted by Gasteiger charge is -2.34. The summed E-state index contributed by atoms with van der Waals surface area (Å²) in [6, 6.07) is 0. The third-order valence-electron chi connectivity index (χ3n) is 4.85. The van der Waals surface area contributed by atoms with Gasteiger partial charge in [-0.15, -0.1) is 0 Å². The minimum Gasteiger partial charge on any atom is -0.449 e. The number of aliphatic imine (C=N–C) groups is 1. The number of hydrogen-bond donors (Lipinski definition) is 1. The lowest BCUT2D eigenvalue weighted by Crippen LogP contribution is -2.51. The molecule has 0 unspecified atom stereocenters. The Morgan fingerprint density at radius 2 is 2.00 bits per heavy atom. The Labute approximate surface area is 142 Å². The number of ether oxygens (including phenoxy) is 2. The molecule has 0 aromatic rings. The Morgan fingerprint density at radius 1 is 1.29 bits per heavy atom. The molecule has 134 valence electrons. The highest BCUT2D eigenvalue weighted by atomic mass is 16.6. The van der Waals surface area contributed by atoms with Crippen LogP contribution in [-0.2, 0) is 14.3 Å². The van der Waals surface area contributed by atoms with Gasteiger partial charge in [-0.3, -0.25) is 10.1 Å². The van der Waals surface area contributed by atoms with Gasteiger partial charge in [0, 0.05) is 26.2 Å². The number of piperidine rings is 1. The number of rotatable bonds is 3. The molecule has 3 rings (SSSR count). The summed E-state index contributed by atoms with van der Waals surface area (Å²) >= 11 is 0. The zero-order valence-corrected chi connectivity index (χ0v) is 14.3. The van der Waals surface area contributed by atoms with Crippen LogP contribution >= 0.6 is 0 Å². The number of carbonyl (C=O) groups is 2. The van der Waals surface area contributed by atoms with Gasteiger partial charge >= 0.3 is 6.09 Å².